The first-order valence-corrected chi connectivity index (χ1v) is 6.41. The highest BCUT2D eigenvalue weighted by molar-refractivity contribution is 9.10. The Hall–Kier alpha value is -0.940. The highest BCUT2D eigenvalue weighted by Crippen LogP contribution is 2.21. The zero-order valence-electron chi connectivity index (χ0n) is 9.70. The molecule has 1 fully saturated rings. The van der Waals surface area contributed by atoms with Gasteiger partial charge in [-0.2, -0.15) is 0 Å². The molecule has 0 aliphatic carbocycles. The van der Waals surface area contributed by atoms with E-state index >= 15 is 0 Å². The van der Waals surface area contributed by atoms with E-state index in [9.17, 15) is 4.79 Å². The fourth-order valence-electron chi connectivity index (χ4n) is 1.84. The van der Waals surface area contributed by atoms with Gasteiger partial charge in [0.15, 0.2) is 0 Å². The van der Waals surface area contributed by atoms with Gasteiger partial charge in [0.1, 0.15) is 4.60 Å². The van der Waals surface area contributed by atoms with Gasteiger partial charge < -0.3 is 10.1 Å². The molecule has 0 aromatic carbocycles. The number of pyridine rings is 1. The van der Waals surface area contributed by atoms with E-state index < -0.39 is 0 Å². The Labute approximate surface area is 109 Å². The molecule has 0 radical (unpaired) electrons. The van der Waals surface area contributed by atoms with Crippen LogP contribution in [0.5, 0.6) is 0 Å². The van der Waals surface area contributed by atoms with Crippen molar-refractivity contribution in [2.75, 3.05) is 13.2 Å². The zero-order valence-corrected chi connectivity index (χ0v) is 11.3. The summed E-state index contributed by atoms with van der Waals surface area (Å²) in [6.45, 7) is 3.45. The predicted molar refractivity (Wildman–Crippen MR) is 67.9 cm³/mol. The average Bonchev–Trinajstić information content (AvgIpc) is 2.29. The van der Waals surface area contributed by atoms with E-state index in [0.717, 1.165) is 12.8 Å². The second-order valence-corrected chi connectivity index (χ2v) is 5.22. The number of rotatable bonds is 2. The van der Waals surface area contributed by atoms with Gasteiger partial charge in [0.2, 0.25) is 0 Å². The minimum Gasteiger partial charge on any atom is -0.381 e. The molecule has 0 spiro atoms. The molecule has 5 heteroatoms. The molecule has 0 unspecified atom stereocenters. The van der Waals surface area contributed by atoms with Crippen LogP contribution in [0.4, 0.5) is 0 Å². The van der Waals surface area contributed by atoms with Crippen molar-refractivity contribution < 1.29 is 9.53 Å². The molecule has 0 bridgehead atoms. The van der Waals surface area contributed by atoms with Crippen LogP contribution in [0.3, 0.4) is 0 Å². The summed E-state index contributed by atoms with van der Waals surface area (Å²) < 4.78 is 5.88. The molecule has 1 aromatic rings. The lowest BCUT2D eigenvalue weighted by Crippen LogP contribution is -2.49. The summed E-state index contributed by atoms with van der Waals surface area (Å²) >= 11 is 3.28. The summed E-state index contributed by atoms with van der Waals surface area (Å²) in [7, 11) is 0. The van der Waals surface area contributed by atoms with Crippen molar-refractivity contribution in [3.05, 3.63) is 28.5 Å². The van der Waals surface area contributed by atoms with Crippen LogP contribution in [0.15, 0.2) is 22.9 Å². The number of hydrogen-bond donors (Lipinski definition) is 1. The Bertz CT molecular complexity index is 417. The Balaban J connectivity index is 2.09. The Morgan fingerprint density at radius 1 is 1.53 bits per heavy atom. The third kappa shape index (κ3) is 3.04. The minimum atomic E-state index is -0.176. The molecule has 17 heavy (non-hydrogen) atoms. The van der Waals surface area contributed by atoms with Gasteiger partial charge in [-0.3, -0.25) is 4.79 Å². The van der Waals surface area contributed by atoms with Gasteiger partial charge in [-0.05, 0) is 47.8 Å². The van der Waals surface area contributed by atoms with Gasteiger partial charge in [0.05, 0.1) is 5.56 Å². The summed E-state index contributed by atoms with van der Waals surface area (Å²) in [5, 5.41) is 3.06. The second-order valence-electron chi connectivity index (χ2n) is 4.47. The maximum absolute atomic E-state index is 12.1. The molecule has 4 nitrogen and oxygen atoms in total. The van der Waals surface area contributed by atoms with Gasteiger partial charge in [-0.25, -0.2) is 4.98 Å². The Kier molecular flexibility index (Phi) is 3.79. The van der Waals surface area contributed by atoms with Crippen LogP contribution >= 0.6 is 15.9 Å². The highest BCUT2D eigenvalue weighted by Gasteiger charge is 2.29. The summed E-state index contributed by atoms with van der Waals surface area (Å²) in [6.07, 6.45) is 3.34. The van der Waals surface area contributed by atoms with Crippen molar-refractivity contribution in [2.24, 2.45) is 0 Å². The topological polar surface area (TPSA) is 51.2 Å². The van der Waals surface area contributed by atoms with Crippen molar-refractivity contribution in [3.8, 4) is 0 Å². The van der Waals surface area contributed by atoms with Crippen LogP contribution in [-0.2, 0) is 4.74 Å². The van der Waals surface area contributed by atoms with Crippen molar-refractivity contribution in [2.45, 2.75) is 25.3 Å². The molecule has 1 N–H and O–H groups in total. The van der Waals surface area contributed by atoms with E-state index in [1.807, 2.05) is 0 Å². The standard InChI is InChI=1S/C12H15BrN2O2/c1-12(4-7-17-8-5-12)15-11(16)9-3-2-6-14-10(9)13/h2-3,6H,4-5,7-8H2,1H3,(H,15,16). The van der Waals surface area contributed by atoms with Crippen molar-refractivity contribution in [3.63, 3.8) is 0 Å². The van der Waals surface area contributed by atoms with Crippen LogP contribution in [-0.4, -0.2) is 29.6 Å². The maximum Gasteiger partial charge on any atom is 0.254 e. The number of nitrogens with zero attached hydrogens (tertiary/aromatic N) is 1. The summed E-state index contributed by atoms with van der Waals surface area (Å²) in [4.78, 5) is 16.2. The van der Waals surface area contributed by atoms with Crippen molar-refractivity contribution in [1.82, 2.24) is 10.3 Å². The molecular formula is C12H15BrN2O2. The van der Waals surface area contributed by atoms with Crippen LogP contribution in [0.2, 0.25) is 0 Å². The molecule has 1 aliphatic heterocycles. The van der Waals surface area contributed by atoms with Gasteiger partial charge >= 0.3 is 0 Å². The zero-order chi connectivity index (χ0) is 12.3. The molecule has 2 heterocycles. The molecular weight excluding hydrogens is 284 g/mol. The largest absolute Gasteiger partial charge is 0.381 e. The van der Waals surface area contributed by atoms with Crippen LogP contribution in [0.1, 0.15) is 30.1 Å². The Morgan fingerprint density at radius 2 is 2.24 bits per heavy atom. The predicted octanol–water partition coefficient (Wildman–Crippen LogP) is 2.14. The highest BCUT2D eigenvalue weighted by atomic mass is 79.9. The first-order chi connectivity index (χ1) is 8.11. The lowest BCUT2D eigenvalue weighted by molar-refractivity contribution is 0.0422. The molecule has 2 rings (SSSR count). The van der Waals surface area contributed by atoms with E-state index in [1.54, 1.807) is 18.3 Å². The van der Waals surface area contributed by atoms with Crippen LogP contribution in [0, 0.1) is 0 Å². The second kappa shape index (κ2) is 5.14. The van der Waals surface area contributed by atoms with E-state index in [0.29, 0.717) is 23.4 Å². The van der Waals surface area contributed by atoms with Gasteiger partial charge in [0, 0.05) is 24.9 Å². The number of carbonyl (C=O) groups excluding carboxylic acids is 1. The number of halogens is 1. The molecule has 92 valence electrons. The third-order valence-corrected chi connectivity index (χ3v) is 3.65. The minimum absolute atomic E-state index is 0.0885. The third-order valence-electron chi connectivity index (χ3n) is 3.02. The fourth-order valence-corrected chi connectivity index (χ4v) is 2.27. The average molecular weight is 299 g/mol. The molecule has 1 aromatic heterocycles. The number of hydrogen-bond acceptors (Lipinski definition) is 3. The number of aromatic nitrogens is 1. The number of carbonyl (C=O) groups is 1. The number of amides is 1. The maximum atomic E-state index is 12.1. The Morgan fingerprint density at radius 3 is 2.88 bits per heavy atom. The summed E-state index contributed by atoms with van der Waals surface area (Å²) in [5.41, 5.74) is 0.394. The first kappa shape index (κ1) is 12.5. The van der Waals surface area contributed by atoms with Crippen LogP contribution < -0.4 is 5.32 Å². The van der Waals surface area contributed by atoms with Crippen molar-refractivity contribution >= 4 is 21.8 Å². The monoisotopic (exact) mass is 298 g/mol. The molecule has 1 saturated heterocycles. The van der Waals surface area contributed by atoms with Crippen molar-refractivity contribution in [1.29, 1.82) is 0 Å². The van der Waals surface area contributed by atoms with E-state index in [2.05, 4.69) is 33.2 Å². The lowest BCUT2D eigenvalue weighted by Gasteiger charge is -2.34. The summed E-state index contributed by atoms with van der Waals surface area (Å²) in [6, 6.07) is 3.51. The number of nitrogens with one attached hydrogen (secondary N) is 1. The molecule has 0 saturated carbocycles. The molecule has 0 atom stereocenters. The molecule has 1 amide bonds. The SMILES string of the molecule is CC1(NC(=O)c2cccnc2Br)CCOCC1. The van der Waals surface area contributed by atoms with Crippen LogP contribution in [0.25, 0.3) is 0 Å². The lowest BCUT2D eigenvalue weighted by atomic mass is 9.92. The smallest absolute Gasteiger partial charge is 0.254 e. The molecule has 1 aliphatic rings. The first-order valence-electron chi connectivity index (χ1n) is 5.61. The fraction of sp³-hybridized carbons (Fsp3) is 0.500. The van der Waals surface area contributed by atoms with Gasteiger partial charge in [-0.15, -0.1) is 0 Å². The quantitative estimate of drug-likeness (QED) is 0.851. The summed E-state index contributed by atoms with van der Waals surface area (Å²) in [5.74, 6) is -0.0885. The van der Waals surface area contributed by atoms with Gasteiger partial charge in [0.25, 0.3) is 5.91 Å². The number of ether oxygens (including phenoxy) is 1. The van der Waals surface area contributed by atoms with E-state index in [1.165, 1.54) is 0 Å². The normalized spacial score (nSPS) is 18.7. The van der Waals surface area contributed by atoms with Gasteiger partial charge in [-0.1, -0.05) is 0 Å². The van der Waals surface area contributed by atoms with E-state index in [-0.39, 0.29) is 11.4 Å². The van der Waals surface area contributed by atoms with E-state index in [4.69, 9.17) is 4.74 Å².